The number of nitrogens with zero attached hydrogens (tertiary/aromatic N) is 1. The smallest absolute Gasteiger partial charge is 0.308 e. The molecule has 0 bridgehead atoms. The Kier molecular flexibility index (Phi) is 5.20. The predicted molar refractivity (Wildman–Crippen MR) is 83.0 cm³/mol. The van der Waals surface area contributed by atoms with Crippen LogP contribution in [0.25, 0.3) is 0 Å². The molecule has 118 valence electrons. The second kappa shape index (κ2) is 7.11. The minimum absolute atomic E-state index is 0.131. The Labute approximate surface area is 130 Å². The number of carboxylic acid groups (broad SMARTS) is 1. The van der Waals surface area contributed by atoms with Crippen molar-refractivity contribution in [3.8, 4) is 5.75 Å². The Balaban J connectivity index is 2.09. The highest BCUT2D eigenvalue weighted by Crippen LogP contribution is 2.25. The lowest BCUT2D eigenvalue weighted by Crippen LogP contribution is -2.49. The Morgan fingerprint density at radius 1 is 1.41 bits per heavy atom. The second-order valence-corrected chi connectivity index (χ2v) is 5.45. The molecule has 0 saturated carbocycles. The molecule has 0 unspecified atom stereocenters. The molecular formula is C17H21NO4. The summed E-state index contributed by atoms with van der Waals surface area (Å²) in [5.74, 6) is -0.786. The van der Waals surface area contributed by atoms with Crippen LogP contribution in [0.15, 0.2) is 36.9 Å². The van der Waals surface area contributed by atoms with Gasteiger partial charge >= 0.3 is 5.97 Å². The number of carbonyl (C=O) groups excluding carboxylic acids is 1. The maximum absolute atomic E-state index is 12.6. The van der Waals surface area contributed by atoms with Gasteiger partial charge in [0.1, 0.15) is 12.4 Å². The third-order valence-electron chi connectivity index (χ3n) is 4.04. The molecule has 1 aliphatic heterocycles. The number of carboxylic acids is 1. The highest BCUT2D eigenvalue weighted by molar-refractivity contribution is 5.95. The quantitative estimate of drug-likeness (QED) is 0.849. The van der Waals surface area contributed by atoms with E-state index in [0.717, 1.165) is 0 Å². The average Bonchev–Trinajstić information content (AvgIpc) is 2.52. The summed E-state index contributed by atoms with van der Waals surface area (Å²) in [6.45, 7) is 6.39. The van der Waals surface area contributed by atoms with E-state index in [0.29, 0.717) is 37.3 Å². The number of likely N-dealkylation sites (tertiary alicyclic amines) is 1. The molecule has 2 atom stereocenters. The summed E-state index contributed by atoms with van der Waals surface area (Å²) >= 11 is 0. The van der Waals surface area contributed by atoms with Gasteiger partial charge in [-0.25, -0.2) is 0 Å². The van der Waals surface area contributed by atoms with Gasteiger partial charge in [-0.1, -0.05) is 12.7 Å². The zero-order valence-corrected chi connectivity index (χ0v) is 12.7. The van der Waals surface area contributed by atoms with Crippen LogP contribution in [-0.4, -0.2) is 41.1 Å². The van der Waals surface area contributed by atoms with Crippen molar-refractivity contribution in [3.05, 3.63) is 42.5 Å². The molecule has 5 heteroatoms. The highest BCUT2D eigenvalue weighted by atomic mass is 16.5. The zero-order chi connectivity index (χ0) is 16.1. The van der Waals surface area contributed by atoms with Gasteiger partial charge in [-0.15, -0.1) is 0 Å². The minimum Gasteiger partial charge on any atom is -0.490 e. The predicted octanol–water partition coefficient (Wildman–Crippen LogP) is 2.58. The lowest BCUT2D eigenvalue weighted by atomic mass is 9.90. The lowest BCUT2D eigenvalue weighted by Gasteiger charge is -2.37. The van der Waals surface area contributed by atoms with E-state index in [1.54, 1.807) is 42.2 Å². The van der Waals surface area contributed by atoms with Crippen LogP contribution in [0.1, 0.15) is 30.1 Å². The van der Waals surface area contributed by atoms with Crippen LogP contribution < -0.4 is 4.74 Å². The van der Waals surface area contributed by atoms with Gasteiger partial charge in [0.15, 0.2) is 0 Å². The van der Waals surface area contributed by atoms with Crippen molar-refractivity contribution < 1.29 is 19.4 Å². The molecule has 1 aliphatic rings. The molecule has 0 radical (unpaired) electrons. The SMILES string of the molecule is C=CCOc1ccc(C(=O)N2CCC[C@@H](C(=O)O)[C@H]2C)cc1. The molecule has 1 saturated heterocycles. The third-order valence-corrected chi connectivity index (χ3v) is 4.04. The molecular weight excluding hydrogens is 282 g/mol. The van der Waals surface area contributed by atoms with E-state index >= 15 is 0 Å². The summed E-state index contributed by atoms with van der Waals surface area (Å²) in [5, 5.41) is 9.24. The Morgan fingerprint density at radius 3 is 2.68 bits per heavy atom. The Morgan fingerprint density at radius 2 is 2.09 bits per heavy atom. The minimum atomic E-state index is -0.835. The van der Waals surface area contributed by atoms with Crippen LogP contribution >= 0.6 is 0 Å². The van der Waals surface area contributed by atoms with Crippen LogP contribution in [-0.2, 0) is 4.79 Å². The number of carbonyl (C=O) groups is 2. The highest BCUT2D eigenvalue weighted by Gasteiger charge is 2.35. The number of ether oxygens (including phenoxy) is 1. The van der Waals surface area contributed by atoms with Crippen molar-refractivity contribution in [1.29, 1.82) is 0 Å². The van der Waals surface area contributed by atoms with E-state index in [1.165, 1.54) is 0 Å². The number of hydrogen-bond acceptors (Lipinski definition) is 3. The van der Waals surface area contributed by atoms with E-state index in [2.05, 4.69) is 6.58 Å². The number of amides is 1. The molecule has 1 aromatic carbocycles. The largest absolute Gasteiger partial charge is 0.490 e. The molecule has 2 rings (SSSR count). The number of rotatable bonds is 5. The van der Waals surface area contributed by atoms with E-state index in [-0.39, 0.29) is 11.9 Å². The first-order valence-corrected chi connectivity index (χ1v) is 7.42. The molecule has 1 fully saturated rings. The molecule has 1 N–H and O–H groups in total. The van der Waals surface area contributed by atoms with Crippen molar-refractivity contribution in [2.45, 2.75) is 25.8 Å². The van der Waals surface area contributed by atoms with Gasteiger partial charge in [-0.3, -0.25) is 9.59 Å². The summed E-state index contributed by atoms with van der Waals surface area (Å²) in [5.41, 5.74) is 0.545. The molecule has 5 nitrogen and oxygen atoms in total. The Hall–Kier alpha value is -2.30. The monoisotopic (exact) mass is 303 g/mol. The van der Waals surface area contributed by atoms with Gasteiger partial charge in [0.25, 0.3) is 5.91 Å². The van der Waals surface area contributed by atoms with Crippen molar-refractivity contribution >= 4 is 11.9 Å². The fraction of sp³-hybridized carbons (Fsp3) is 0.412. The van der Waals surface area contributed by atoms with Gasteiger partial charge in [0.2, 0.25) is 0 Å². The summed E-state index contributed by atoms with van der Waals surface area (Å²) in [6.07, 6.45) is 2.99. The van der Waals surface area contributed by atoms with Crippen LogP contribution in [0.5, 0.6) is 5.75 Å². The molecule has 1 heterocycles. The first-order valence-electron chi connectivity index (χ1n) is 7.42. The van der Waals surface area contributed by atoms with Crippen LogP contribution in [0.2, 0.25) is 0 Å². The standard InChI is InChI=1S/C17H21NO4/c1-3-11-22-14-8-6-13(7-9-14)16(19)18-10-4-5-15(12(18)2)17(20)21/h3,6-9,12,15H,1,4-5,10-11H2,2H3,(H,20,21)/t12-,15-/m1/s1. The topological polar surface area (TPSA) is 66.8 Å². The number of hydrogen-bond donors (Lipinski definition) is 1. The molecule has 1 aromatic rings. The van der Waals surface area contributed by atoms with Crippen LogP contribution in [0.3, 0.4) is 0 Å². The molecule has 1 amide bonds. The van der Waals surface area contributed by atoms with Crippen LogP contribution in [0.4, 0.5) is 0 Å². The van der Waals surface area contributed by atoms with E-state index in [4.69, 9.17) is 4.74 Å². The van der Waals surface area contributed by atoms with Gasteiger partial charge in [-0.2, -0.15) is 0 Å². The van der Waals surface area contributed by atoms with E-state index in [1.807, 2.05) is 0 Å². The molecule has 22 heavy (non-hydrogen) atoms. The number of benzene rings is 1. The average molecular weight is 303 g/mol. The van der Waals surface area contributed by atoms with Gasteiger partial charge in [-0.05, 0) is 44.0 Å². The van der Waals surface area contributed by atoms with Gasteiger partial charge in [0.05, 0.1) is 5.92 Å². The van der Waals surface area contributed by atoms with E-state index in [9.17, 15) is 14.7 Å². The molecule has 0 aromatic heterocycles. The van der Waals surface area contributed by atoms with E-state index < -0.39 is 11.9 Å². The maximum atomic E-state index is 12.6. The number of piperidine rings is 1. The van der Waals surface area contributed by atoms with Crippen molar-refractivity contribution in [1.82, 2.24) is 4.90 Å². The summed E-state index contributed by atoms with van der Waals surface area (Å²) in [4.78, 5) is 25.5. The fourth-order valence-corrected chi connectivity index (χ4v) is 2.77. The fourth-order valence-electron chi connectivity index (χ4n) is 2.77. The lowest BCUT2D eigenvalue weighted by molar-refractivity contribution is -0.144. The zero-order valence-electron chi connectivity index (χ0n) is 12.7. The third kappa shape index (κ3) is 3.47. The summed E-state index contributed by atoms with van der Waals surface area (Å²) < 4.78 is 5.38. The normalized spacial score (nSPS) is 21.2. The van der Waals surface area contributed by atoms with Crippen molar-refractivity contribution in [2.75, 3.05) is 13.2 Å². The van der Waals surface area contributed by atoms with Crippen molar-refractivity contribution in [2.24, 2.45) is 5.92 Å². The first kappa shape index (κ1) is 16.1. The van der Waals surface area contributed by atoms with Gasteiger partial charge < -0.3 is 14.7 Å². The molecule has 0 spiro atoms. The summed E-state index contributed by atoms with van der Waals surface area (Å²) in [6, 6.07) is 6.59. The summed E-state index contributed by atoms with van der Waals surface area (Å²) in [7, 11) is 0. The van der Waals surface area contributed by atoms with Crippen LogP contribution in [0, 0.1) is 5.92 Å². The molecule has 0 aliphatic carbocycles. The number of aliphatic carboxylic acids is 1. The second-order valence-electron chi connectivity index (χ2n) is 5.45. The first-order chi connectivity index (χ1) is 10.5. The van der Waals surface area contributed by atoms with Gasteiger partial charge in [0, 0.05) is 18.2 Å². The maximum Gasteiger partial charge on any atom is 0.308 e. The van der Waals surface area contributed by atoms with Crippen molar-refractivity contribution in [3.63, 3.8) is 0 Å². The Bertz CT molecular complexity index is 552.